The van der Waals surface area contributed by atoms with Crippen molar-refractivity contribution in [2.24, 2.45) is 5.92 Å². The van der Waals surface area contributed by atoms with E-state index >= 15 is 0 Å². The van der Waals surface area contributed by atoms with E-state index in [-0.39, 0.29) is 0 Å². The highest BCUT2D eigenvalue weighted by Gasteiger charge is 2.33. The molecular formula is C15H27N3O2S. The molecule has 3 rings (SSSR count). The minimum atomic E-state index is -3.19. The van der Waals surface area contributed by atoms with Gasteiger partial charge in [0.15, 0.2) is 0 Å². The summed E-state index contributed by atoms with van der Waals surface area (Å²) in [4.78, 5) is 2.44. The van der Waals surface area contributed by atoms with Gasteiger partial charge in [0, 0.05) is 45.8 Å². The Kier molecular flexibility index (Phi) is 4.99. The molecule has 0 saturated carbocycles. The summed E-state index contributed by atoms with van der Waals surface area (Å²) in [7, 11) is -3.19. The SMILES string of the molecule is O=S(=O)(N1CCCC1)N1CCN(C[C@@H]2CC=CCC2)CC1. The first-order valence-corrected chi connectivity index (χ1v) is 9.68. The van der Waals surface area contributed by atoms with Gasteiger partial charge in [-0.25, -0.2) is 0 Å². The molecule has 2 heterocycles. The van der Waals surface area contributed by atoms with Gasteiger partial charge in [0.25, 0.3) is 10.2 Å². The first-order valence-electron chi connectivity index (χ1n) is 8.29. The number of hydrogen-bond acceptors (Lipinski definition) is 3. The molecule has 0 bridgehead atoms. The van der Waals surface area contributed by atoms with E-state index in [1.807, 2.05) is 0 Å². The Hall–Kier alpha value is -0.430. The highest BCUT2D eigenvalue weighted by molar-refractivity contribution is 7.86. The Morgan fingerprint density at radius 3 is 2.19 bits per heavy atom. The van der Waals surface area contributed by atoms with Crippen molar-refractivity contribution in [3.05, 3.63) is 12.2 Å². The van der Waals surface area contributed by atoms with Crippen molar-refractivity contribution in [1.29, 1.82) is 0 Å². The number of allylic oxidation sites excluding steroid dienone is 2. The largest absolute Gasteiger partial charge is 0.300 e. The maximum atomic E-state index is 12.5. The molecule has 0 N–H and O–H groups in total. The highest BCUT2D eigenvalue weighted by Crippen LogP contribution is 2.21. The summed E-state index contributed by atoms with van der Waals surface area (Å²) in [5.41, 5.74) is 0. The molecule has 21 heavy (non-hydrogen) atoms. The van der Waals surface area contributed by atoms with Gasteiger partial charge >= 0.3 is 0 Å². The van der Waals surface area contributed by atoms with Crippen LogP contribution in [0.3, 0.4) is 0 Å². The minimum absolute atomic E-state index is 0.654. The summed E-state index contributed by atoms with van der Waals surface area (Å²) < 4.78 is 28.4. The van der Waals surface area contributed by atoms with Gasteiger partial charge in [0.2, 0.25) is 0 Å². The second-order valence-electron chi connectivity index (χ2n) is 6.46. The molecule has 2 aliphatic heterocycles. The molecule has 0 aromatic heterocycles. The summed E-state index contributed by atoms with van der Waals surface area (Å²) in [6.07, 6.45) is 10.3. The van der Waals surface area contributed by atoms with Crippen LogP contribution in [0, 0.1) is 5.92 Å². The van der Waals surface area contributed by atoms with E-state index < -0.39 is 10.2 Å². The molecule has 2 fully saturated rings. The lowest BCUT2D eigenvalue weighted by Gasteiger charge is -2.37. The van der Waals surface area contributed by atoms with E-state index in [1.165, 1.54) is 19.3 Å². The van der Waals surface area contributed by atoms with Crippen LogP contribution in [0.1, 0.15) is 32.1 Å². The van der Waals surface area contributed by atoms with Crippen LogP contribution < -0.4 is 0 Å². The third-order valence-corrected chi connectivity index (χ3v) is 6.98. The van der Waals surface area contributed by atoms with Crippen molar-refractivity contribution in [3.8, 4) is 0 Å². The zero-order valence-electron chi connectivity index (χ0n) is 12.8. The van der Waals surface area contributed by atoms with Gasteiger partial charge in [-0.2, -0.15) is 17.0 Å². The fourth-order valence-corrected chi connectivity index (χ4v) is 5.28. The smallest absolute Gasteiger partial charge is 0.282 e. The summed E-state index contributed by atoms with van der Waals surface area (Å²) in [6, 6.07) is 0. The van der Waals surface area contributed by atoms with Crippen molar-refractivity contribution in [2.45, 2.75) is 32.1 Å². The van der Waals surface area contributed by atoms with Crippen LogP contribution in [0.15, 0.2) is 12.2 Å². The van der Waals surface area contributed by atoms with Crippen molar-refractivity contribution in [2.75, 3.05) is 45.8 Å². The molecule has 5 nitrogen and oxygen atoms in total. The number of nitrogens with zero attached hydrogens (tertiary/aromatic N) is 3. The Labute approximate surface area is 128 Å². The lowest BCUT2D eigenvalue weighted by molar-refractivity contribution is 0.157. The average molecular weight is 313 g/mol. The van der Waals surface area contributed by atoms with Gasteiger partial charge in [-0.15, -0.1) is 0 Å². The molecule has 120 valence electrons. The molecule has 0 aromatic carbocycles. The van der Waals surface area contributed by atoms with Crippen molar-refractivity contribution >= 4 is 10.2 Å². The van der Waals surface area contributed by atoms with Gasteiger partial charge in [-0.05, 0) is 38.0 Å². The van der Waals surface area contributed by atoms with Gasteiger partial charge in [0.05, 0.1) is 0 Å². The van der Waals surface area contributed by atoms with E-state index in [9.17, 15) is 8.42 Å². The molecule has 3 aliphatic rings. The van der Waals surface area contributed by atoms with Gasteiger partial charge < -0.3 is 4.90 Å². The fraction of sp³-hybridized carbons (Fsp3) is 0.867. The van der Waals surface area contributed by atoms with Gasteiger partial charge in [-0.3, -0.25) is 0 Å². The predicted octanol–water partition coefficient (Wildman–Crippen LogP) is 1.30. The first-order chi connectivity index (χ1) is 10.2. The van der Waals surface area contributed by atoms with Gasteiger partial charge in [0.1, 0.15) is 0 Å². The molecule has 0 aromatic rings. The van der Waals surface area contributed by atoms with Crippen LogP contribution >= 0.6 is 0 Å². The minimum Gasteiger partial charge on any atom is -0.300 e. The Balaban J connectivity index is 1.49. The maximum Gasteiger partial charge on any atom is 0.282 e. The quantitative estimate of drug-likeness (QED) is 0.735. The van der Waals surface area contributed by atoms with Crippen LogP contribution in [0.25, 0.3) is 0 Å². The second kappa shape index (κ2) is 6.77. The standard InChI is InChI=1S/C15H27N3O2S/c19-21(20,17-8-4-5-9-17)18-12-10-16(11-13-18)14-15-6-2-1-3-7-15/h1-2,15H,3-14H2/t15-/m1/s1. The molecule has 1 aliphatic carbocycles. The van der Waals surface area contributed by atoms with Crippen molar-refractivity contribution in [1.82, 2.24) is 13.5 Å². The molecule has 0 amide bonds. The zero-order chi connectivity index (χ0) is 14.7. The number of piperazine rings is 1. The molecule has 0 radical (unpaired) electrons. The van der Waals surface area contributed by atoms with E-state index in [0.717, 1.165) is 38.4 Å². The van der Waals surface area contributed by atoms with Crippen LogP contribution in [0.5, 0.6) is 0 Å². The molecule has 2 saturated heterocycles. The number of hydrogen-bond donors (Lipinski definition) is 0. The summed E-state index contributed by atoms with van der Waals surface area (Å²) in [5.74, 6) is 0.761. The topological polar surface area (TPSA) is 43.9 Å². The van der Waals surface area contributed by atoms with Crippen molar-refractivity contribution in [3.63, 3.8) is 0 Å². The van der Waals surface area contributed by atoms with E-state index in [2.05, 4.69) is 17.1 Å². The average Bonchev–Trinajstić information content (AvgIpc) is 3.04. The summed E-state index contributed by atoms with van der Waals surface area (Å²) in [6.45, 7) is 5.61. The molecule has 6 heteroatoms. The predicted molar refractivity (Wildman–Crippen MR) is 84.2 cm³/mol. The Bertz CT molecular complexity index is 463. The molecule has 1 atom stereocenters. The maximum absolute atomic E-state index is 12.5. The molecule has 0 unspecified atom stereocenters. The number of rotatable bonds is 4. The third-order valence-electron chi connectivity index (χ3n) is 4.94. The normalized spacial score (nSPS) is 30.0. The van der Waals surface area contributed by atoms with Crippen LogP contribution in [0.4, 0.5) is 0 Å². The van der Waals surface area contributed by atoms with Gasteiger partial charge in [-0.1, -0.05) is 12.2 Å². The summed E-state index contributed by atoms with van der Waals surface area (Å²) in [5, 5.41) is 0. The Morgan fingerprint density at radius 1 is 0.905 bits per heavy atom. The van der Waals surface area contributed by atoms with Crippen LogP contribution in [-0.4, -0.2) is 67.7 Å². The lowest BCUT2D eigenvalue weighted by atomic mass is 9.94. The lowest BCUT2D eigenvalue weighted by Crippen LogP contribution is -2.53. The monoisotopic (exact) mass is 313 g/mol. The second-order valence-corrected chi connectivity index (χ2v) is 8.39. The fourth-order valence-electron chi connectivity index (χ4n) is 3.61. The summed E-state index contributed by atoms with van der Waals surface area (Å²) >= 11 is 0. The zero-order valence-corrected chi connectivity index (χ0v) is 13.6. The van der Waals surface area contributed by atoms with Crippen molar-refractivity contribution < 1.29 is 8.42 Å². The van der Waals surface area contributed by atoms with E-state index in [0.29, 0.717) is 26.2 Å². The van der Waals surface area contributed by atoms with E-state index in [1.54, 1.807) is 8.61 Å². The molecule has 0 spiro atoms. The first kappa shape index (κ1) is 15.5. The van der Waals surface area contributed by atoms with E-state index in [4.69, 9.17) is 0 Å². The molecular weight excluding hydrogens is 286 g/mol. The van der Waals surface area contributed by atoms with Crippen LogP contribution in [0.2, 0.25) is 0 Å². The highest BCUT2D eigenvalue weighted by atomic mass is 32.2. The third kappa shape index (κ3) is 3.67. The van der Waals surface area contributed by atoms with Crippen LogP contribution in [-0.2, 0) is 10.2 Å². The Morgan fingerprint density at radius 2 is 1.57 bits per heavy atom.